The molecule has 2 atom stereocenters. The Bertz CT molecular complexity index is 305. The molecule has 0 amide bonds. The second-order valence-electron chi connectivity index (χ2n) is 4.11. The first-order chi connectivity index (χ1) is 7.31. The Kier molecular flexibility index (Phi) is 3.38. The summed E-state index contributed by atoms with van der Waals surface area (Å²) in [4.78, 5) is 4.40. The average Bonchev–Trinajstić information content (AvgIpc) is 2.78. The van der Waals surface area contributed by atoms with Crippen LogP contribution < -0.4 is 0 Å². The van der Waals surface area contributed by atoms with Gasteiger partial charge in [-0.25, -0.2) is 4.98 Å². The number of nitrogens with zero attached hydrogens (tertiary/aromatic N) is 1. The number of hydrogen-bond acceptors (Lipinski definition) is 4. The maximum Gasteiger partial charge on any atom is 0.199 e. The summed E-state index contributed by atoms with van der Waals surface area (Å²) in [6.45, 7) is 3.58. The molecule has 0 aliphatic carbocycles. The minimum absolute atomic E-state index is 0.0482. The lowest BCUT2D eigenvalue weighted by atomic mass is 10.0. The lowest BCUT2D eigenvalue weighted by Crippen LogP contribution is -2.15. The predicted molar refractivity (Wildman–Crippen MR) is 54.8 cm³/mol. The van der Waals surface area contributed by atoms with Crippen LogP contribution >= 0.6 is 0 Å². The van der Waals surface area contributed by atoms with E-state index < -0.39 is 0 Å². The number of aliphatic hydroxyl groups is 1. The van der Waals surface area contributed by atoms with Crippen molar-refractivity contribution in [2.75, 3.05) is 19.8 Å². The molecule has 2 heterocycles. The van der Waals surface area contributed by atoms with E-state index in [4.69, 9.17) is 14.3 Å². The largest absolute Gasteiger partial charge is 0.448 e. The first kappa shape index (κ1) is 10.6. The highest BCUT2D eigenvalue weighted by atomic mass is 16.5. The zero-order chi connectivity index (χ0) is 10.7. The molecule has 1 fully saturated rings. The molecule has 2 rings (SSSR count). The van der Waals surface area contributed by atoms with Crippen LogP contribution in [0.2, 0.25) is 0 Å². The summed E-state index contributed by atoms with van der Waals surface area (Å²) in [5.41, 5.74) is 0.832. The first-order valence-electron chi connectivity index (χ1n) is 5.45. The zero-order valence-corrected chi connectivity index (χ0v) is 8.98. The molecule has 0 radical (unpaired) electrons. The van der Waals surface area contributed by atoms with E-state index in [9.17, 15) is 0 Å². The molecule has 1 aliphatic rings. The highest BCUT2D eigenvalue weighted by Crippen LogP contribution is 2.26. The zero-order valence-electron chi connectivity index (χ0n) is 8.98. The van der Waals surface area contributed by atoms with E-state index in [1.54, 1.807) is 6.26 Å². The van der Waals surface area contributed by atoms with Crippen molar-refractivity contribution in [2.45, 2.75) is 31.6 Å². The van der Waals surface area contributed by atoms with Crippen LogP contribution in [0.5, 0.6) is 0 Å². The van der Waals surface area contributed by atoms with Crippen LogP contribution in [0, 0.1) is 0 Å². The van der Waals surface area contributed by atoms with Gasteiger partial charge in [0.15, 0.2) is 5.89 Å². The van der Waals surface area contributed by atoms with E-state index >= 15 is 0 Å². The van der Waals surface area contributed by atoms with E-state index in [-0.39, 0.29) is 12.5 Å². The highest BCUT2D eigenvalue weighted by Gasteiger charge is 2.21. The summed E-state index contributed by atoms with van der Waals surface area (Å²) in [5.74, 6) is 1.09. The molecule has 1 aromatic rings. The Balaban J connectivity index is 2.05. The second-order valence-corrected chi connectivity index (χ2v) is 4.11. The molecule has 1 aliphatic heterocycles. The van der Waals surface area contributed by atoms with Gasteiger partial charge in [-0.05, 0) is 12.8 Å². The van der Waals surface area contributed by atoms with Gasteiger partial charge in [-0.1, -0.05) is 6.92 Å². The quantitative estimate of drug-likeness (QED) is 0.826. The van der Waals surface area contributed by atoms with Crippen molar-refractivity contribution < 1.29 is 14.3 Å². The minimum atomic E-state index is 0.0482. The lowest BCUT2D eigenvalue weighted by Gasteiger charge is -2.18. The third-order valence-electron chi connectivity index (χ3n) is 2.83. The van der Waals surface area contributed by atoms with Crippen LogP contribution in [0.1, 0.15) is 43.2 Å². The van der Waals surface area contributed by atoms with Crippen molar-refractivity contribution in [1.29, 1.82) is 0 Å². The summed E-state index contributed by atoms with van der Waals surface area (Å²) < 4.78 is 10.8. The van der Waals surface area contributed by atoms with Gasteiger partial charge < -0.3 is 14.3 Å². The Labute approximate surface area is 89.3 Å². The van der Waals surface area contributed by atoms with Gasteiger partial charge >= 0.3 is 0 Å². The van der Waals surface area contributed by atoms with E-state index in [1.165, 1.54) is 0 Å². The molecular weight excluding hydrogens is 194 g/mol. The lowest BCUT2D eigenvalue weighted by molar-refractivity contribution is 0.0725. The maximum absolute atomic E-state index is 9.00. The van der Waals surface area contributed by atoms with E-state index in [0.29, 0.717) is 12.5 Å². The Morgan fingerprint density at radius 2 is 2.53 bits per heavy atom. The molecule has 4 nitrogen and oxygen atoms in total. The van der Waals surface area contributed by atoms with Gasteiger partial charge in [0, 0.05) is 12.5 Å². The van der Waals surface area contributed by atoms with Crippen LogP contribution in [0.3, 0.4) is 0 Å². The number of oxazole rings is 1. The summed E-state index contributed by atoms with van der Waals surface area (Å²) in [6, 6.07) is 0. The number of aromatic nitrogens is 1. The average molecular weight is 211 g/mol. The van der Waals surface area contributed by atoms with Crippen molar-refractivity contribution >= 4 is 0 Å². The van der Waals surface area contributed by atoms with E-state index in [0.717, 1.165) is 31.0 Å². The molecule has 1 aromatic heterocycles. The number of ether oxygens (including phenoxy) is 1. The van der Waals surface area contributed by atoms with Gasteiger partial charge in [0.05, 0.1) is 24.8 Å². The second kappa shape index (κ2) is 4.77. The normalized spacial score (nSPS) is 24.0. The van der Waals surface area contributed by atoms with E-state index in [1.807, 2.05) is 6.92 Å². The number of rotatable bonds is 3. The van der Waals surface area contributed by atoms with Crippen LogP contribution in [0.4, 0.5) is 0 Å². The van der Waals surface area contributed by atoms with Crippen molar-refractivity contribution in [3.8, 4) is 0 Å². The molecule has 15 heavy (non-hydrogen) atoms. The smallest absolute Gasteiger partial charge is 0.199 e. The molecule has 0 spiro atoms. The standard InChI is InChI=1S/C11H17NO3/c1-8(5-13)10-7-15-11(12-10)9-3-2-4-14-6-9/h7-9,13H,2-6H2,1H3. The fourth-order valence-corrected chi connectivity index (χ4v) is 1.74. The van der Waals surface area contributed by atoms with Gasteiger partial charge in [-0.15, -0.1) is 0 Å². The molecule has 84 valence electrons. The third-order valence-corrected chi connectivity index (χ3v) is 2.83. The van der Waals surface area contributed by atoms with Crippen molar-refractivity contribution in [3.05, 3.63) is 17.8 Å². The van der Waals surface area contributed by atoms with Crippen molar-refractivity contribution in [2.24, 2.45) is 0 Å². The predicted octanol–water partition coefficient (Wildman–Crippen LogP) is 1.66. The molecular formula is C11H17NO3. The monoisotopic (exact) mass is 211 g/mol. The summed E-state index contributed by atoms with van der Waals surface area (Å²) in [5, 5.41) is 9.00. The highest BCUT2D eigenvalue weighted by molar-refractivity contribution is 5.06. The Morgan fingerprint density at radius 1 is 1.67 bits per heavy atom. The topological polar surface area (TPSA) is 55.5 Å². The third kappa shape index (κ3) is 2.38. The summed E-state index contributed by atoms with van der Waals surface area (Å²) in [7, 11) is 0. The van der Waals surface area contributed by atoms with Crippen molar-refractivity contribution in [3.63, 3.8) is 0 Å². The van der Waals surface area contributed by atoms with Crippen LogP contribution in [0.15, 0.2) is 10.7 Å². The summed E-state index contributed by atoms with van der Waals surface area (Å²) in [6.07, 6.45) is 3.79. The van der Waals surface area contributed by atoms with Crippen molar-refractivity contribution in [1.82, 2.24) is 4.98 Å². The van der Waals surface area contributed by atoms with Crippen LogP contribution in [0.25, 0.3) is 0 Å². The SMILES string of the molecule is CC(CO)c1coc(C2CCCOC2)n1. The molecule has 0 bridgehead atoms. The molecule has 2 unspecified atom stereocenters. The molecule has 0 aromatic carbocycles. The van der Waals surface area contributed by atoms with E-state index in [2.05, 4.69) is 4.98 Å². The molecule has 4 heteroatoms. The Morgan fingerprint density at radius 3 is 3.20 bits per heavy atom. The number of aliphatic hydroxyl groups excluding tert-OH is 1. The van der Waals surface area contributed by atoms with Crippen LogP contribution in [-0.2, 0) is 4.74 Å². The van der Waals surface area contributed by atoms with Gasteiger partial charge in [0.1, 0.15) is 6.26 Å². The minimum Gasteiger partial charge on any atom is -0.448 e. The van der Waals surface area contributed by atoms with Crippen LogP contribution in [-0.4, -0.2) is 29.9 Å². The molecule has 0 saturated carbocycles. The van der Waals surface area contributed by atoms with Gasteiger partial charge in [-0.2, -0.15) is 0 Å². The molecule has 1 saturated heterocycles. The summed E-state index contributed by atoms with van der Waals surface area (Å²) >= 11 is 0. The fraction of sp³-hybridized carbons (Fsp3) is 0.727. The molecule has 1 N–H and O–H groups in total. The fourth-order valence-electron chi connectivity index (χ4n) is 1.74. The maximum atomic E-state index is 9.00. The first-order valence-corrected chi connectivity index (χ1v) is 5.45. The van der Waals surface area contributed by atoms with Gasteiger partial charge in [0.25, 0.3) is 0 Å². The number of hydrogen-bond donors (Lipinski definition) is 1. The Hall–Kier alpha value is -0.870. The van der Waals surface area contributed by atoms with Gasteiger partial charge in [0.2, 0.25) is 0 Å². The van der Waals surface area contributed by atoms with Gasteiger partial charge in [-0.3, -0.25) is 0 Å².